The van der Waals surface area contributed by atoms with Gasteiger partial charge in [0, 0.05) is 5.56 Å². The number of aromatic nitrogens is 4. The normalized spacial score (nSPS) is 11.8. The standard InChI is InChI=1S/C15H12N6OS/c1-9(23-15-18-8-11(7-16)12(17)19-15)13-20-21-14(22-13)10-5-3-2-4-6-10/h2-6,8-9H,1H3,(H2,17,18,19). The number of hydrogen-bond acceptors (Lipinski definition) is 8. The molecule has 2 N–H and O–H groups in total. The lowest BCUT2D eigenvalue weighted by atomic mass is 10.2. The smallest absolute Gasteiger partial charge is 0.247 e. The summed E-state index contributed by atoms with van der Waals surface area (Å²) in [5.41, 5.74) is 6.81. The first-order chi connectivity index (χ1) is 11.2. The Balaban J connectivity index is 1.77. The zero-order chi connectivity index (χ0) is 16.2. The number of nitriles is 1. The van der Waals surface area contributed by atoms with Gasteiger partial charge in [0.05, 0.1) is 11.4 Å². The Labute approximate surface area is 136 Å². The Bertz CT molecular complexity index is 858. The molecule has 114 valence electrons. The summed E-state index contributed by atoms with van der Waals surface area (Å²) < 4.78 is 5.70. The van der Waals surface area contributed by atoms with Gasteiger partial charge < -0.3 is 10.2 Å². The molecule has 3 aromatic rings. The highest BCUT2D eigenvalue weighted by atomic mass is 32.2. The van der Waals surface area contributed by atoms with Crippen LogP contribution in [-0.2, 0) is 0 Å². The summed E-state index contributed by atoms with van der Waals surface area (Å²) in [5, 5.41) is 17.3. The van der Waals surface area contributed by atoms with Crippen LogP contribution in [0.2, 0.25) is 0 Å². The minimum Gasteiger partial charge on any atom is -0.419 e. The molecule has 0 aliphatic rings. The molecule has 0 spiro atoms. The van der Waals surface area contributed by atoms with Crippen molar-refractivity contribution in [1.82, 2.24) is 20.2 Å². The van der Waals surface area contributed by atoms with Crippen molar-refractivity contribution in [3.63, 3.8) is 0 Å². The summed E-state index contributed by atoms with van der Waals surface area (Å²) in [4.78, 5) is 8.19. The molecule has 0 saturated heterocycles. The molecule has 1 aromatic carbocycles. The molecule has 8 heteroatoms. The Kier molecular flexibility index (Phi) is 4.21. The molecule has 0 aliphatic carbocycles. The molecule has 0 saturated carbocycles. The quantitative estimate of drug-likeness (QED) is 0.575. The summed E-state index contributed by atoms with van der Waals surface area (Å²) in [6.45, 7) is 1.91. The van der Waals surface area contributed by atoms with Crippen LogP contribution in [0.15, 0.2) is 46.1 Å². The van der Waals surface area contributed by atoms with Crippen LogP contribution in [0.5, 0.6) is 0 Å². The first kappa shape index (κ1) is 15.0. The number of nitrogens with zero attached hydrogens (tertiary/aromatic N) is 5. The van der Waals surface area contributed by atoms with Crippen LogP contribution in [0.25, 0.3) is 11.5 Å². The van der Waals surface area contributed by atoms with Crippen molar-refractivity contribution in [3.05, 3.63) is 48.0 Å². The molecular formula is C15H12N6OS. The van der Waals surface area contributed by atoms with Crippen LogP contribution < -0.4 is 5.73 Å². The maximum absolute atomic E-state index is 8.83. The summed E-state index contributed by atoms with van der Waals surface area (Å²) in [7, 11) is 0. The van der Waals surface area contributed by atoms with Gasteiger partial charge in [-0.25, -0.2) is 9.97 Å². The zero-order valence-corrected chi connectivity index (χ0v) is 13.0. The third kappa shape index (κ3) is 3.30. The second-order valence-corrected chi connectivity index (χ2v) is 5.94. The maximum Gasteiger partial charge on any atom is 0.247 e. The second kappa shape index (κ2) is 6.46. The Morgan fingerprint density at radius 3 is 2.74 bits per heavy atom. The number of anilines is 1. The molecular weight excluding hydrogens is 312 g/mol. The van der Waals surface area contributed by atoms with Gasteiger partial charge in [0.1, 0.15) is 17.5 Å². The monoisotopic (exact) mass is 324 g/mol. The van der Waals surface area contributed by atoms with Crippen molar-refractivity contribution >= 4 is 17.6 Å². The van der Waals surface area contributed by atoms with Gasteiger partial charge in [-0.3, -0.25) is 0 Å². The van der Waals surface area contributed by atoms with E-state index in [1.54, 1.807) is 0 Å². The van der Waals surface area contributed by atoms with Gasteiger partial charge in [-0.1, -0.05) is 30.0 Å². The Hall–Kier alpha value is -2.92. The highest BCUT2D eigenvalue weighted by molar-refractivity contribution is 7.99. The molecule has 2 heterocycles. The lowest BCUT2D eigenvalue weighted by molar-refractivity contribution is 0.509. The zero-order valence-electron chi connectivity index (χ0n) is 12.2. The number of thioether (sulfide) groups is 1. The van der Waals surface area contributed by atoms with E-state index in [0.717, 1.165) is 5.56 Å². The third-order valence-corrected chi connectivity index (χ3v) is 3.97. The topological polar surface area (TPSA) is 115 Å². The van der Waals surface area contributed by atoms with Gasteiger partial charge in [0.15, 0.2) is 5.16 Å². The van der Waals surface area contributed by atoms with E-state index in [1.807, 2.05) is 43.3 Å². The van der Waals surface area contributed by atoms with E-state index in [4.69, 9.17) is 15.4 Å². The maximum atomic E-state index is 8.83. The second-order valence-electron chi connectivity index (χ2n) is 4.63. The van der Waals surface area contributed by atoms with Gasteiger partial charge >= 0.3 is 0 Å². The van der Waals surface area contributed by atoms with Gasteiger partial charge in [0.2, 0.25) is 11.8 Å². The van der Waals surface area contributed by atoms with Crippen LogP contribution in [0.4, 0.5) is 5.82 Å². The average molecular weight is 324 g/mol. The fraction of sp³-hybridized carbons (Fsp3) is 0.133. The number of nitrogen functional groups attached to an aromatic ring is 1. The molecule has 0 radical (unpaired) electrons. The van der Waals surface area contributed by atoms with Crippen LogP contribution in [-0.4, -0.2) is 20.2 Å². The summed E-state index contributed by atoms with van der Waals surface area (Å²) in [5.74, 6) is 1.10. The van der Waals surface area contributed by atoms with E-state index in [9.17, 15) is 0 Å². The number of benzene rings is 1. The molecule has 23 heavy (non-hydrogen) atoms. The minimum absolute atomic E-state index is 0.146. The van der Waals surface area contributed by atoms with Crippen molar-refractivity contribution in [3.8, 4) is 17.5 Å². The van der Waals surface area contributed by atoms with Gasteiger partial charge in [0.25, 0.3) is 0 Å². The SMILES string of the molecule is CC(Sc1ncc(C#N)c(N)n1)c1nnc(-c2ccccc2)o1. The fourth-order valence-electron chi connectivity index (χ4n) is 1.83. The number of hydrogen-bond donors (Lipinski definition) is 1. The van der Waals surface area contributed by atoms with Gasteiger partial charge in [-0.2, -0.15) is 5.26 Å². The molecule has 0 bridgehead atoms. The van der Waals surface area contributed by atoms with Crippen molar-refractivity contribution in [2.45, 2.75) is 17.3 Å². The molecule has 2 aromatic heterocycles. The first-order valence-electron chi connectivity index (χ1n) is 6.75. The average Bonchev–Trinajstić information content (AvgIpc) is 3.06. The van der Waals surface area contributed by atoms with Crippen LogP contribution in [0.3, 0.4) is 0 Å². The number of nitrogens with two attached hydrogens (primary N) is 1. The molecule has 0 aliphatic heterocycles. The van der Waals surface area contributed by atoms with E-state index in [1.165, 1.54) is 18.0 Å². The highest BCUT2D eigenvalue weighted by Gasteiger charge is 2.18. The predicted molar refractivity (Wildman–Crippen MR) is 85.2 cm³/mol. The molecule has 0 amide bonds. The first-order valence-corrected chi connectivity index (χ1v) is 7.63. The van der Waals surface area contributed by atoms with Crippen molar-refractivity contribution in [2.24, 2.45) is 0 Å². The number of rotatable bonds is 4. The third-order valence-electron chi connectivity index (χ3n) is 3.01. The summed E-state index contributed by atoms with van der Waals surface area (Å²) in [6.07, 6.45) is 1.40. The van der Waals surface area contributed by atoms with Gasteiger partial charge in [-0.05, 0) is 19.1 Å². The van der Waals surface area contributed by atoms with E-state index in [-0.39, 0.29) is 16.6 Å². The van der Waals surface area contributed by atoms with Crippen LogP contribution >= 0.6 is 11.8 Å². The lowest BCUT2D eigenvalue weighted by Gasteiger charge is -2.05. The lowest BCUT2D eigenvalue weighted by Crippen LogP contribution is -1.99. The largest absolute Gasteiger partial charge is 0.419 e. The molecule has 1 unspecified atom stereocenters. The van der Waals surface area contributed by atoms with Gasteiger partial charge in [-0.15, -0.1) is 10.2 Å². The fourth-order valence-corrected chi connectivity index (χ4v) is 2.60. The van der Waals surface area contributed by atoms with E-state index >= 15 is 0 Å². The minimum atomic E-state index is -0.146. The summed E-state index contributed by atoms with van der Waals surface area (Å²) >= 11 is 1.33. The van der Waals surface area contributed by atoms with E-state index in [2.05, 4.69) is 20.2 Å². The predicted octanol–water partition coefficient (Wildman–Crippen LogP) is 2.83. The van der Waals surface area contributed by atoms with Crippen molar-refractivity contribution in [1.29, 1.82) is 5.26 Å². The highest BCUT2D eigenvalue weighted by Crippen LogP contribution is 2.33. The van der Waals surface area contributed by atoms with Crippen molar-refractivity contribution < 1.29 is 4.42 Å². The Morgan fingerprint density at radius 1 is 1.26 bits per heavy atom. The van der Waals surface area contributed by atoms with Crippen molar-refractivity contribution in [2.75, 3.05) is 5.73 Å². The summed E-state index contributed by atoms with van der Waals surface area (Å²) in [6, 6.07) is 11.5. The molecule has 1 atom stereocenters. The molecule has 0 fully saturated rings. The van der Waals surface area contributed by atoms with E-state index in [0.29, 0.717) is 16.9 Å². The Morgan fingerprint density at radius 2 is 2.04 bits per heavy atom. The molecule has 3 rings (SSSR count). The van der Waals surface area contributed by atoms with E-state index < -0.39 is 0 Å². The van der Waals surface area contributed by atoms with Crippen LogP contribution in [0, 0.1) is 11.3 Å². The molecule has 7 nitrogen and oxygen atoms in total. The van der Waals surface area contributed by atoms with Crippen LogP contribution in [0.1, 0.15) is 23.6 Å².